The molecule has 0 saturated carbocycles. The minimum Gasteiger partial charge on any atom is -0.482 e. The summed E-state index contributed by atoms with van der Waals surface area (Å²) >= 11 is 0. The summed E-state index contributed by atoms with van der Waals surface area (Å²) in [6, 6.07) is 11.9. The van der Waals surface area contributed by atoms with Crippen molar-refractivity contribution in [3.63, 3.8) is 0 Å². The molecular formula is C17H15NO2. The van der Waals surface area contributed by atoms with Gasteiger partial charge in [0.1, 0.15) is 5.75 Å². The third-order valence-corrected chi connectivity index (χ3v) is 4.27. The third-order valence-electron chi connectivity index (χ3n) is 4.27. The Balaban J connectivity index is 1.59. The Morgan fingerprint density at radius 2 is 2.00 bits per heavy atom. The van der Waals surface area contributed by atoms with Crippen molar-refractivity contribution in [3.05, 3.63) is 59.4 Å². The number of aromatic nitrogens is 1. The van der Waals surface area contributed by atoms with Crippen LogP contribution in [-0.2, 0) is 17.6 Å². The fourth-order valence-electron chi connectivity index (χ4n) is 3.25. The predicted octanol–water partition coefficient (Wildman–Crippen LogP) is 2.68. The summed E-state index contributed by atoms with van der Waals surface area (Å²) in [5, 5.41) is 0. The molecule has 2 aliphatic rings. The van der Waals surface area contributed by atoms with Gasteiger partial charge in [0.15, 0.2) is 11.9 Å². The van der Waals surface area contributed by atoms with Gasteiger partial charge in [-0.15, -0.1) is 0 Å². The fourth-order valence-corrected chi connectivity index (χ4v) is 3.25. The van der Waals surface area contributed by atoms with E-state index in [0.717, 1.165) is 29.8 Å². The van der Waals surface area contributed by atoms with Gasteiger partial charge in [0.25, 0.3) is 0 Å². The molecule has 2 heterocycles. The molecule has 0 saturated heterocycles. The van der Waals surface area contributed by atoms with Crippen LogP contribution < -0.4 is 4.74 Å². The highest BCUT2D eigenvalue weighted by Gasteiger charge is 2.37. The first-order valence-electron chi connectivity index (χ1n) is 7.05. The predicted molar refractivity (Wildman–Crippen MR) is 74.9 cm³/mol. The summed E-state index contributed by atoms with van der Waals surface area (Å²) in [7, 11) is 0. The second-order valence-electron chi connectivity index (χ2n) is 5.46. The number of carbonyl (C=O) groups is 1. The zero-order chi connectivity index (χ0) is 13.5. The van der Waals surface area contributed by atoms with Gasteiger partial charge < -0.3 is 4.74 Å². The van der Waals surface area contributed by atoms with Crippen molar-refractivity contribution < 1.29 is 9.53 Å². The number of hydrogen-bond donors (Lipinski definition) is 0. The highest BCUT2D eigenvalue weighted by atomic mass is 16.5. The van der Waals surface area contributed by atoms with Crippen molar-refractivity contribution in [2.24, 2.45) is 0 Å². The molecule has 0 radical (unpaired) electrons. The number of carbonyl (C=O) groups excluding carboxylic acids is 1. The SMILES string of the molecule is O=C(C1Cc2ccccc2O1)C1CCc2cccnc21. The van der Waals surface area contributed by atoms with Crippen molar-refractivity contribution in [2.45, 2.75) is 31.3 Å². The number of ether oxygens (including phenoxy) is 1. The first kappa shape index (κ1) is 11.6. The molecule has 0 bridgehead atoms. The van der Waals surface area contributed by atoms with Crippen LogP contribution in [0, 0.1) is 0 Å². The van der Waals surface area contributed by atoms with E-state index in [-0.39, 0.29) is 17.8 Å². The van der Waals surface area contributed by atoms with E-state index < -0.39 is 0 Å². The number of ketones is 1. The van der Waals surface area contributed by atoms with Crippen molar-refractivity contribution in [3.8, 4) is 5.75 Å². The third kappa shape index (κ3) is 1.73. The van der Waals surface area contributed by atoms with Gasteiger partial charge in [-0.1, -0.05) is 24.3 Å². The Morgan fingerprint density at radius 3 is 2.90 bits per heavy atom. The molecule has 20 heavy (non-hydrogen) atoms. The summed E-state index contributed by atoms with van der Waals surface area (Å²) in [5.41, 5.74) is 3.29. The number of hydrogen-bond acceptors (Lipinski definition) is 3. The Kier molecular flexibility index (Phi) is 2.59. The molecule has 1 aliphatic carbocycles. The van der Waals surface area contributed by atoms with Gasteiger partial charge in [-0.2, -0.15) is 0 Å². The molecule has 1 aromatic heterocycles. The lowest BCUT2D eigenvalue weighted by atomic mass is 9.94. The molecule has 0 amide bonds. The van der Waals surface area contributed by atoms with Crippen LogP contribution in [0.3, 0.4) is 0 Å². The van der Waals surface area contributed by atoms with Crippen LogP contribution in [0.1, 0.15) is 29.2 Å². The summed E-state index contributed by atoms with van der Waals surface area (Å²) in [6.07, 6.45) is 3.92. The second kappa shape index (κ2) is 4.44. The average Bonchev–Trinajstić information content (AvgIpc) is 3.10. The van der Waals surface area contributed by atoms with Gasteiger partial charge in [-0.25, -0.2) is 0 Å². The monoisotopic (exact) mass is 265 g/mol. The molecule has 3 heteroatoms. The van der Waals surface area contributed by atoms with Gasteiger partial charge in [0, 0.05) is 12.6 Å². The molecule has 2 atom stereocenters. The minimum atomic E-state index is -0.342. The molecule has 2 aromatic rings. The maximum atomic E-state index is 12.7. The van der Waals surface area contributed by atoms with E-state index in [2.05, 4.69) is 11.1 Å². The number of nitrogens with zero attached hydrogens (tertiary/aromatic N) is 1. The molecule has 0 spiro atoms. The normalized spacial score (nSPS) is 23.0. The highest BCUT2D eigenvalue weighted by Crippen LogP contribution is 2.36. The average molecular weight is 265 g/mol. The number of pyridine rings is 1. The number of aryl methyl sites for hydroxylation is 1. The highest BCUT2D eigenvalue weighted by molar-refractivity contribution is 5.91. The molecule has 0 fully saturated rings. The molecule has 1 aromatic carbocycles. The van der Waals surface area contributed by atoms with E-state index in [1.165, 1.54) is 5.56 Å². The molecular weight excluding hydrogens is 250 g/mol. The summed E-state index contributed by atoms with van der Waals surface area (Å²) < 4.78 is 5.82. The second-order valence-corrected chi connectivity index (χ2v) is 5.46. The molecule has 2 unspecified atom stereocenters. The summed E-state index contributed by atoms with van der Waals surface area (Å²) in [6.45, 7) is 0. The largest absolute Gasteiger partial charge is 0.482 e. The van der Waals surface area contributed by atoms with E-state index in [1.807, 2.05) is 30.3 Å². The lowest BCUT2D eigenvalue weighted by Crippen LogP contribution is -2.30. The summed E-state index contributed by atoms with van der Waals surface area (Å²) in [5.74, 6) is 0.939. The Morgan fingerprint density at radius 1 is 1.15 bits per heavy atom. The van der Waals surface area contributed by atoms with Crippen LogP contribution in [0.25, 0.3) is 0 Å². The van der Waals surface area contributed by atoms with Gasteiger partial charge >= 0.3 is 0 Å². The molecule has 100 valence electrons. The number of fused-ring (bicyclic) bond motifs is 2. The number of Topliss-reactive ketones (excluding diaryl/α,β-unsaturated/α-hetero) is 1. The maximum absolute atomic E-state index is 12.7. The Hall–Kier alpha value is -2.16. The van der Waals surface area contributed by atoms with Gasteiger partial charge in [0.05, 0.1) is 11.6 Å². The Labute approximate surface area is 117 Å². The maximum Gasteiger partial charge on any atom is 0.182 e. The molecule has 3 nitrogen and oxygen atoms in total. The molecule has 4 rings (SSSR count). The smallest absolute Gasteiger partial charge is 0.182 e. The quantitative estimate of drug-likeness (QED) is 0.838. The standard InChI is InChI=1S/C17H15NO2/c19-17(13-8-7-11-5-3-9-18-16(11)13)15-10-12-4-1-2-6-14(12)20-15/h1-6,9,13,15H,7-8,10H2. The zero-order valence-corrected chi connectivity index (χ0v) is 11.1. The fraction of sp³-hybridized carbons (Fsp3) is 0.294. The van der Waals surface area contributed by atoms with Crippen LogP contribution in [0.2, 0.25) is 0 Å². The van der Waals surface area contributed by atoms with Crippen LogP contribution in [0.15, 0.2) is 42.6 Å². The van der Waals surface area contributed by atoms with Crippen molar-refractivity contribution in [1.82, 2.24) is 4.98 Å². The van der Waals surface area contributed by atoms with Gasteiger partial charge in [-0.05, 0) is 36.1 Å². The Bertz CT molecular complexity index is 655. The molecule has 1 aliphatic heterocycles. The molecule has 0 N–H and O–H groups in total. The van der Waals surface area contributed by atoms with E-state index in [4.69, 9.17) is 4.74 Å². The first-order chi connectivity index (χ1) is 9.83. The van der Waals surface area contributed by atoms with Crippen molar-refractivity contribution in [2.75, 3.05) is 0 Å². The van der Waals surface area contributed by atoms with Crippen LogP contribution in [-0.4, -0.2) is 16.9 Å². The van der Waals surface area contributed by atoms with E-state index in [0.29, 0.717) is 6.42 Å². The zero-order valence-electron chi connectivity index (χ0n) is 11.1. The van der Waals surface area contributed by atoms with Gasteiger partial charge in [0.2, 0.25) is 0 Å². The summed E-state index contributed by atoms with van der Waals surface area (Å²) in [4.78, 5) is 17.1. The first-order valence-corrected chi connectivity index (χ1v) is 7.05. The van der Waals surface area contributed by atoms with Crippen molar-refractivity contribution >= 4 is 5.78 Å². The minimum absolute atomic E-state index is 0.0921. The van der Waals surface area contributed by atoms with Crippen molar-refractivity contribution in [1.29, 1.82) is 0 Å². The lowest BCUT2D eigenvalue weighted by Gasteiger charge is -2.15. The van der Waals surface area contributed by atoms with E-state index in [9.17, 15) is 4.79 Å². The number of rotatable bonds is 2. The number of benzene rings is 1. The van der Waals surface area contributed by atoms with Crippen LogP contribution >= 0.6 is 0 Å². The lowest BCUT2D eigenvalue weighted by molar-refractivity contribution is -0.126. The number of para-hydroxylation sites is 1. The van der Waals surface area contributed by atoms with E-state index in [1.54, 1.807) is 6.20 Å². The van der Waals surface area contributed by atoms with Crippen LogP contribution in [0.5, 0.6) is 5.75 Å². The van der Waals surface area contributed by atoms with Gasteiger partial charge in [-0.3, -0.25) is 9.78 Å². The van der Waals surface area contributed by atoms with E-state index >= 15 is 0 Å². The topological polar surface area (TPSA) is 39.2 Å². The van der Waals surface area contributed by atoms with Crippen LogP contribution in [0.4, 0.5) is 0 Å².